The van der Waals surface area contributed by atoms with Crippen molar-refractivity contribution in [3.63, 3.8) is 0 Å². The third-order valence-electron chi connectivity index (χ3n) is 5.89. The molecule has 26 heavy (non-hydrogen) atoms. The van der Waals surface area contributed by atoms with Gasteiger partial charge in [-0.15, -0.1) is 0 Å². The zero-order valence-corrected chi connectivity index (χ0v) is 16.3. The molecule has 0 unspecified atom stereocenters. The van der Waals surface area contributed by atoms with E-state index in [0.29, 0.717) is 0 Å². The van der Waals surface area contributed by atoms with Crippen LogP contribution in [0.2, 0.25) is 0 Å². The maximum Gasteiger partial charge on any atom is 0.127 e. The summed E-state index contributed by atoms with van der Waals surface area (Å²) in [4.78, 5) is 0. The second kappa shape index (κ2) is 10.4. The Morgan fingerprint density at radius 3 is 2.08 bits per heavy atom. The van der Waals surface area contributed by atoms with Crippen LogP contribution in [0.15, 0.2) is 54.6 Å². The maximum absolute atomic E-state index is 5.91. The van der Waals surface area contributed by atoms with E-state index >= 15 is 0 Å². The summed E-state index contributed by atoms with van der Waals surface area (Å²) in [5.41, 5.74) is 1.49. The van der Waals surface area contributed by atoms with E-state index in [1.165, 1.54) is 69.8 Å². The number of unbranched alkanes of at least 4 members (excludes halogenated alkanes) is 4. The van der Waals surface area contributed by atoms with Crippen LogP contribution in [0.3, 0.4) is 0 Å². The minimum absolute atomic E-state index is 0.747. The summed E-state index contributed by atoms with van der Waals surface area (Å²) in [6, 6.07) is 18.8. The van der Waals surface area contributed by atoms with Crippen molar-refractivity contribution in [1.29, 1.82) is 0 Å². The molecule has 1 aliphatic rings. The highest BCUT2D eigenvalue weighted by Crippen LogP contribution is 2.38. The molecule has 0 bridgehead atoms. The summed E-state index contributed by atoms with van der Waals surface area (Å²) < 4.78 is 5.91. The van der Waals surface area contributed by atoms with Crippen molar-refractivity contribution >= 4 is 0 Å². The summed E-state index contributed by atoms with van der Waals surface area (Å²) in [6.45, 7) is 2.29. The van der Waals surface area contributed by atoms with Crippen LogP contribution in [0.1, 0.15) is 82.6 Å². The molecule has 0 spiro atoms. The van der Waals surface area contributed by atoms with Gasteiger partial charge in [0.05, 0.1) is 0 Å². The van der Waals surface area contributed by atoms with E-state index < -0.39 is 0 Å². The molecule has 2 aromatic rings. The standard InChI is InChI=1S/C25H34O/c1-2-3-4-5-7-10-21-13-15-22(16-14-21)23-17-19-25(20-18-23)26-24-11-8-6-9-12-24/h6,8-9,11-12,17-22H,2-5,7,10,13-16H2,1H3. The van der Waals surface area contributed by atoms with Crippen molar-refractivity contribution in [2.75, 3.05) is 0 Å². The van der Waals surface area contributed by atoms with Crippen molar-refractivity contribution in [2.45, 2.75) is 77.0 Å². The Labute approximate surface area is 159 Å². The first-order valence-electron chi connectivity index (χ1n) is 10.7. The van der Waals surface area contributed by atoms with Crippen molar-refractivity contribution in [1.82, 2.24) is 0 Å². The molecule has 0 heterocycles. The summed E-state index contributed by atoms with van der Waals surface area (Å²) in [7, 11) is 0. The molecule has 0 aliphatic heterocycles. The van der Waals surface area contributed by atoms with Crippen molar-refractivity contribution in [3.05, 3.63) is 60.2 Å². The number of para-hydroxylation sites is 1. The average Bonchev–Trinajstić information content (AvgIpc) is 2.70. The van der Waals surface area contributed by atoms with Crippen LogP contribution in [0, 0.1) is 5.92 Å². The molecule has 1 saturated carbocycles. The minimum Gasteiger partial charge on any atom is -0.457 e. The predicted octanol–water partition coefficient (Wildman–Crippen LogP) is 8.11. The van der Waals surface area contributed by atoms with Gasteiger partial charge in [0.1, 0.15) is 11.5 Å². The monoisotopic (exact) mass is 350 g/mol. The van der Waals surface area contributed by atoms with Gasteiger partial charge in [-0.25, -0.2) is 0 Å². The first-order chi connectivity index (χ1) is 12.8. The Hall–Kier alpha value is -1.76. The van der Waals surface area contributed by atoms with Gasteiger partial charge >= 0.3 is 0 Å². The lowest BCUT2D eigenvalue weighted by Crippen LogP contribution is -2.13. The highest BCUT2D eigenvalue weighted by Gasteiger charge is 2.22. The molecule has 0 aromatic heterocycles. The molecule has 1 nitrogen and oxygen atoms in total. The average molecular weight is 351 g/mol. The Balaban J connectivity index is 1.41. The van der Waals surface area contributed by atoms with E-state index in [2.05, 4.69) is 31.2 Å². The van der Waals surface area contributed by atoms with Gasteiger partial charge in [-0.05, 0) is 67.3 Å². The fourth-order valence-corrected chi connectivity index (χ4v) is 4.25. The molecule has 1 fully saturated rings. The van der Waals surface area contributed by atoms with Gasteiger partial charge in [-0.1, -0.05) is 75.8 Å². The van der Waals surface area contributed by atoms with Crippen LogP contribution in [0.25, 0.3) is 0 Å². The summed E-state index contributed by atoms with van der Waals surface area (Å²) in [6.07, 6.45) is 14.1. The molecule has 1 heteroatoms. The lowest BCUT2D eigenvalue weighted by molar-refractivity contribution is 0.302. The van der Waals surface area contributed by atoms with E-state index in [-0.39, 0.29) is 0 Å². The third-order valence-corrected chi connectivity index (χ3v) is 5.89. The van der Waals surface area contributed by atoms with E-state index in [4.69, 9.17) is 4.74 Å². The van der Waals surface area contributed by atoms with Crippen LogP contribution >= 0.6 is 0 Å². The normalized spacial score (nSPS) is 20.0. The van der Waals surface area contributed by atoms with E-state index in [0.717, 1.165) is 23.3 Å². The van der Waals surface area contributed by atoms with Gasteiger partial charge in [0, 0.05) is 0 Å². The van der Waals surface area contributed by atoms with E-state index in [1.807, 2.05) is 30.3 Å². The van der Waals surface area contributed by atoms with Crippen LogP contribution in [0.5, 0.6) is 11.5 Å². The zero-order valence-electron chi connectivity index (χ0n) is 16.3. The van der Waals surface area contributed by atoms with Crippen LogP contribution in [0.4, 0.5) is 0 Å². The molecule has 1 aliphatic carbocycles. The molecule has 0 saturated heterocycles. The largest absolute Gasteiger partial charge is 0.457 e. The summed E-state index contributed by atoms with van der Waals surface area (Å²) in [5, 5.41) is 0. The minimum atomic E-state index is 0.747. The number of hydrogen-bond donors (Lipinski definition) is 0. The number of benzene rings is 2. The smallest absolute Gasteiger partial charge is 0.127 e. The first-order valence-corrected chi connectivity index (χ1v) is 10.7. The highest BCUT2D eigenvalue weighted by atomic mass is 16.5. The third kappa shape index (κ3) is 5.90. The lowest BCUT2D eigenvalue weighted by atomic mass is 9.77. The molecule has 0 atom stereocenters. The Morgan fingerprint density at radius 1 is 0.731 bits per heavy atom. The summed E-state index contributed by atoms with van der Waals surface area (Å²) in [5.74, 6) is 3.56. The van der Waals surface area contributed by atoms with Gasteiger partial charge in [0.15, 0.2) is 0 Å². The van der Waals surface area contributed by atoms with Crippen LogP contribution in [-0.2, 0) is 0 Å². The van der Waals surface area contributed by atoms with Crippen molar-refractivity contribution in [2.24, 2.45) is 5.92 Å². The van der Waals surface area contributed by atoms with Crippen LogP contribution < -0.4 is 4.74 Å². The SMILES string of the molecule is CCCCCCCC1CCC(c2ccc(Oc3ccccc3)cc2)CC1. The number of hydrogen-bond acceptors (Lipinski definition) is 1. The molecular weight excluding hydrogens is 316 g/mol. The van der Waals surface area contributed by atoms with Crippen molar-refractivity contribution < 1.29 is 4.74 Å². The van der Waals surface area contributed by atoms with Crippen molar-refractivity contribution in [3.8, 4) is 11.5 Å². The quantitative estimate of drug-likeness (QED) is 0.415. The van der Waals surface area contributed by atoms with E-state index in [1.54, 1.807) is 0 Å². The molecule has 140 valence electrons. The molecule has 0 amide bonds. The molecule has 3 rings (SSSR count). The molecule has 2 aromatic carbocycles. The number of ether oxygens (including phenoxy) is 1. The Kier molecular flexibility index (Phi) is 7.61. The Morgan fingerprint density at radius 2 is 1.38 bits per heavy atom. The predicted molar refractivity (Wildman–Crippen MR) is 111 cm³/mol. The fraction of sp³-hybridized carbons (Fsp3) is 0.520. The van der Waals surface area contributed by atoms with Gasteiger partial charge in [0.2, 0.25) is 0 Å². The van der Waals surface area contributed by atoms with Crippen LogP contribution in [-0.4, -0.2) is 0 Å². The second-order valence-electron chi connectivity index (χ2n) is 7.90. The summed E-state index contributed by atoms with van der Waals surface area (Å²) >= 11 is 0. The zero-order chi connectivity index (χ0) is 18.0. The first kappa shape index (κ1) is 19.0. The fourth-order valence-electron chi connectivity index (χ4n) is 4.25. The second-order valence-corrected chi connectivity index (χ2v) is 7.90. The molecular formula is C25H34O. The van der Waals surface area contributed by atoms with Gasteiger partial charge in [-0.2, -0.15) is 0 Å². The molecule has 0 N–H and O–H groups in total. The number of rotatable bonds is 9. The van der Waals surface area contributed by atoms with Gasteiger partial charge in [0.25, 0.3) is 0 Å². The Bertz CT molecular complexity index is 608. The lowest BCUT2D eigenvalue weighted by Gasteiger charge is -2.29. The maximum atomic E-state index is 5.91. The molecule has 0 radical (unpaired) electrons. The van der Waals surface area contributed by atoms with Gasteiger partial charge in [-0.3, -0.25) is 0 Å². The highest BCUT2D eigenvalue weighted by molar-refractivity contribution is 5.34. The van der Waals surface area contributed by atoms with E-state index in [9.17, 15) is 0 Å². The topological polar surface area (TPSA) is 9.23 Å². The van der Waals surface area contributed by atoms with Gasteiger partial charge < -0.3 is 4.74 Å².